The van der Waals surface area contributed by atoms with Crippen molar-refractivity contribution in [1.29, 1.82) is 0 Å². The average Bonchev–Trinajstić information content (AvgIpc) is 2.30. The Hall–Kier alpha value is -0.000000000000000111. The standard InChI is InChI=1S/C12H15ClFNOS.ClH/c13-9-2-1-3-10(14)12(9)11(16)8-15-4-6-17-7-5-15;/h1-3,11,16H,4-8H2;1H. The SMILES string of the molecule is Cl.OC(CN1CCSCC1)c1c(F)cccc1Cl. The molecule has 6 heteroatoms. The maximum absolute atomic E-state index is 13.6. The predicted molar refractivity (Wildman–Crippen MR) is 77.4 cm³/mol. The van der Waals surface area contributed by atoms with Crippen LogP contribution in [0.15, 0.2) is 18.2 Å². The van der Waals surface area contributed by atoms with Crippen molar-refractivity contribution in [3.8, 4) is 0 Å². The van der Waals surface area contributed by atoms with E-state index in [2.05, 4.69) is 4.90 Å². The van der Waals surface area contributed by atoms with Gasteiger partial charge in [0.05, 0.1) is 6.10 Å². The Labute approximate surface area is 122 Å². The summed E-state index contributed by atoms with van der Waals surface area (Å²) in [6.07, 6.45) is -0.855. The van der Waals surface area contributed by atoms with Gasteiger partial charge in [0.25, 0.3) is 0 Å². The van der Waals surface area contributed by atoms with Gasteiger partial charge in [-0.15, -0.1) is 12.4 Å². The van der Waals surface area contributed by atoms with E-state index in [9.17, 15) is 9.50 Å². The number of aliphatic hydroxyl groups excluding tert-OH is 1. The number of aliphatic hydroxyl groups is 1. The Morgan fingerprint density at radius 2 is 2.06 bits per heavy atom. The topological polar surface area (TPSA) is 23.5 Å². The van der Waals surface area contributed by atoms with Gasteiger partial charge in [0.1, 0.15) is 5.82 Å². The van der Waals surface area contributed by atoms with Crippen LogP contribution in [-0.4, -0.2) is 41.1 Å². The zero-order valence-corrected chi connectivity index (χ0v) is 12.2. The summed E-state index contributed by atoms with van der Waals surface area (Å²) in [5.41, 5.74) is 0.215. The Balaban J connectivity index is 0.00000162. The van der Waals surface area contributed by atoms with E-state index in [1.54, 1.807) is 12.1 Å². The molecule has 1 unspecified atom stereocenters. The highest BCUT2D eigenvalue weighted by molar-refractivity contribution is 7.99. The molecular formula is C12H16Cl2FNOS. The van der Waals surface area contributed by atoms with E-state index in [0.29, 0.717) is 11.6 Å². The number of nitrogens with zero attached hydrogens (tertiary/aromatic N) is 1. The molecule has 1 N–H and O–H groups in total. The maximum atomic E-state index is 13.6. The largest absolute Gasteiger partial charge is 0.387 e. The fourth-order valence-corrected chi connectivity index (χ4v) is 3.22. The van der Waals surface area contributed by atoms with Crippen LogP contribution in [-0.2, 0) is 0 Å². The normalized spacial score (nSPS) is 18.2. The van der Waals surface area contributed by atoms with Crippen LogP contribution >= 0.6 is 35.8 Å². The van der Waals surface area contributed by atoms with Crippen molar-refractivity contribution in [1.82, 2.24) is 4.90 Å². The molecular weight excluding hydrogens is 296 g/mol. The van der Waals surface area contributed by atoms with E-state index in [1.807, 2.05) is 11.8 Å². The lowest BCUT2D eigenvalue weighted by Gasteiger charge is -2.28. The predicted octanol–water partition coefficient (Wildman–Crippen LogP) is 2.98. The quantitative estimate of drug-likeness (QED) is 0.928. The first-order valence-corrected chi connectivity index (χ1v) is 7.14. The third-order valence-electron chi connectivity index (χ3n) is 2.87. The summed E-state index contributed by atoms with van der Waals surface area (Å²) >= 11 is 7.82. The molecule has 1 aliphatic heterocycles. The summed E-state index contributed by atoms with van der Waals surface area (Å²) in [5, 5.41) is 10.4. The number of benzene rings is 1. The Morgan fingerprint density at radius 1 is 1.39 bits per heavy atom. The van der Waals surface area contributed by atoms with Gasteiger partial charge in [-0.05, 0) is 12.1 Å². The first-order chi connectivity index (χ1) is 8.18. The summed E-state index contributed by atoms with van der Waals surface area (Å²) < 4.78 is 13.6. The van der Waals surface area contributed by atoms with E-state index in [0.717, 1.165) is 24.6 Å². The molecule has 18 heavy (non-hydrogen) atoms. The van der Waals surface area contributed by atoms with E-state index >= 15 is 0 Å². The van der Waals surface area contributed by atoms with Crippen LogP contribution in [0.5, 0.6) is 0 Å². The minimum Gasteiger partial charge on any atom is -0.387 e. The molecule has 1 heterocycles. The number of β-amino-alcohol motifs (C(OH)–C–C–N with tert-alkyl or cyclic N) is 1. The summed E-state index contributed by atoms with van der Waals surface area (Å²) in [4.78, 5) is 2.14. The highest BCUT2D eigenvalue weighted by Gasteiger charge is 2.20. The third kappa shape index (κ3) is 4.00. The highest BCUT2D eigenvalue weighted by atomic mass is 35.5. The van der Waals surface area contributed by atoms with Gasteiger partial charge in [-0.3, -0.25) is 4.90 Å². The van der Waals surface area contributed by atoms with Crippen LogP contribution in [0.25, 0.3) is 0 Å². The highest BCUT2D eigenvalue weighted by Crippen LogP contribution is 2.26. The molecule has 0 aliphatic carbocycles. The lowest BCUT2D eigenvalue weighted by atomic mass is 10.1. The molecule has 1 aliphatic rings. The van der Waals surface area contributed by atoms with E-state index in [1.165, 1.54) is 6.07 Å². The van der Waals surface area contributed by atoms with E-state index < -0.39 is 11.9 Å². The molecule has 1 aromatic rings. The lowest BCUT2D eigenvalue weighted by molar-refractivity contribution is 0.116. The van der Waals surface area contributed by atoms with Gasteiger partial charge in [-0.25, -0.2) is 4.39 Å². The van der Waals surface area contributed by atoms with Crippen LogP contribution in [0.3, 0.4) is 0 Å². The van der Waals surface area contributed by atoms with Crippen molar-refractivity contribution in [3.63, 3.8) is 0 Å². The fraction of sp³-hybridized carbons (Fsp3) is 0.500. The van der Waals surface area contributed by atoms with Crippen molar-refractivity contribution in [3.05, 3.63) is 34.6 Å². The molecule has 0 aromatic heterocycles. The van der Waals surface area contributed by atoms with Crippen LogP contribution in [0.1, 0.15) is 11.7 Å². The van der Waals surface area contributed by atoms with Crippen molar-refractivity contribution >= 4 is 35.8 Å². The molecule has 2 nitrogen and oxygen atoms in total. The monoisotopic (exact) mass is 311 g/mol. The molecule has 0 amide bonds. The third-order valence-corrected chi connectivity index (χ3v) is 4.14. The zero-order valence-electron chi connectivity index (χ0n) is 9.81. The van der Waals surface area contributed by atoms with Gasteiger partial charge in [0.2, 0.25) is 0 Å². The molecule has 1 fully saturated rings. The molecule has 1 atom stereocenters. The summed E-state index contributed by atoms with van der Waals surface area (Å²) in [6, 6.07) is 4.48. The summed E-state index contributed by atoms with van der Waals surface area (Å²) in [7, 11) is 0. The number of hydrogen-bond donors (Lipinski definition) is 1. The average molecular weight is 312 g/mol. The molecule has 102 valence electrons. The van der Waals surface area contributed by atoms with Gasteiger partial charge in [0.15, 0.2) is 0 Å². The van der Waals surface area contributed by atoms with Gasteiger partial charge < -0.3 is 5.11 Å². The minimum atomic E-state index is -0.855. The van der Waals surface area contributed by atoms with E-state index in [-0.39, 0.29) is 18.0 Å². The first-order valence-electron chi connectivity index (χ1n) is 5.60. The number of halogens is 3. The minimum absolute atomic E-state index is 0. The van der Waals surface area contributed by atoms with Crippen LogP contribution in [0, 0.1) is 5.82 Å². The second-order valence-electron chi connectivity index (χ2n) is 4.06. The number of rotatable bonds is 3. The molecule has 0 radical (unpaired) electrons. The van der Waals surface area contributed by atoms with Gasteiger partial charge in [-0.1, -0.05) is 17.7 Å². The molecule has 1 saturated heterocycles. The Kier molecular flexibility index (Phi) is 6.74. The number of thioether (sulfide) groups is 1. The van der Waals surface area contributed by atoms with Crippen LogP contribution in [0.2, 0.25) is 5.02 Å². The lowest BCUT2D eigenvalue weighted by Crippen LogP contribution is -2.36. The fourth-order valence-electron chi connectivity index (χ4n) is 1.95. The smallest absolute Gasteiger partial charge is 0.130 e. The molecule has 0 bridgehead atoms. The second-order valence-corrected chi connectivity index (χ2v) is 5.70. The molecule has 0 spiro atoms. The molecule has 0 saturated carbocycles. The Bertz CT molecular complexity index is 368. The van der Waals surface area contributed by atoms with Crippen LogP contribution in [0.4, 0.5) is 4.39 Å². The van der Waals surface area contributed by atoms with E-state index in [4.69, 9.17) is 11.6 Å². The van der Waals surface area contributed by atoms with Crippen molar-refractivity contribution in [2.24, 2.45) is 0 Å². The Morgan fingerprint density at radius 3 is 2.67 bits per heavy atom. The van der Waals surface area contributed by atoms with Gasteiger partial charge in [-0.2, -0.15) is 11.8 Å². The summed E-state index contributed by atoms with van der Waals surface area (Å²) in [6.45, 7) is 2.32. The van der Waals surface area contributed by atoms with Crippen LogP contribution < -0.4 is 0 Å². The number of hydrogen-bond acceptors (Lipinski definition) is 3. The van der Waals surface area contributed by atoms with Crippen molar-refractivity contribution in [2.45, 2.75) is 6.10 Å². The maximum Gasteiger partial charge on any atom is 0.130 e. The first kappa shape index (κ1) is 16.1. The second kappa shape index (κ2) is 7.56. The van der Waals surface area contributed by atoms with Gasteiger partial charge in [0, 0.05) is 41.7 Å². The van der Waals surface area contributed by atoms with Gasteiger partial charge >= 0.3 is 0 Å². The van der Waals surface area contributed by atoms with Crippen molar-refractivity contribution in [2.75, 3.05) is 31.1 Å². The zero-order chi connectivity index (χ0) is 12.3. The van der Waals surface area contributed by atoms with Crippen molar-refractivity contribution < 1.29 is 9.50 Å². The summed E-state index contributed by atoms with van der Waals surface area (Å²) in [5.74, 6) is 1.70. The molecule has 2 rings (SSSR count). The molecule has 1 aromatic carbocycles.